The number of anilines is 1. The average molecular weight is 335 g/mol. The first-order valence-electron chi connectivity index (χ1n) is 8.91. The van der Waals surface area contributed by atoms with Crippen LogP contribution >= 0.6 is 0 Å². The van der Waals surface area contributed by atoms with E-state index in [9.17, 15) is 0 Å². The van der Waals surface area contributed by atoms with E-state index >= 15 is 0 Å². The van der Waals surface area contributed by atoms with Crippen LogP contribution in [0.15, 0.2) is 30.7 Å². The van der Waals surface area contributed by atoms with Crippen LogP contribution in [-0.4, -0.2) is 41.4 Å². The van der Waals surface area contributed by atoms with E-state index in [1.807, 2.05) is 22.4 Å². The van der Waals surface area contributed by atoms with Gasteiger partial charge in [-0.1, -0.05) is 13.0 Å². The molecule has 1 saturated heterocycles. The smallest absolute Gasteiger partial charge is 0.254 e. The molecule has 1 fully saturated rings. The third-order valence-corrected chi connectivity index (χ3v) is 5.46. The molecule has 0 radical (unpaired) electrons. The van der Waals surface area contributed by atoms with Crippen LogP contribution in [0.3, 0.4) is 0 Å². The van der Waals surface area contributed by atoms with Gasteiger partial charge in [0.15, 0.2) is 0 Å². The second-order valence-electron chi connectivity index (χ2n) is 6.87. The van der Waals surface area contributed by atoms with Crippen molar-refractivity contribution in [1.29, 1.82) is 0 Å². The Balaban J connectivity index is 1.60. The van der Waals surface area contributed by atoms with Crippen molar-refractivity contribution in [2.75, 3.05) is 4.90 Å². The monoisotopic (exact) mass is 335 g/mol. The van der Waals surface area contributed by atoms with Gasteiger partial charge in [0.1, 0.15) is 12.1 Å². The van der Waals surface area contributed by atoms with Crippen LogP contribution in [0.1, 0.15) is 37.6 Å². The molecular weight excluding hydrogens is 314 g/mol. The van der Waals surface area contributed by atoms with Crippen molar-refractivity contribution in [2.45, 2.75) is 44.7 Å². The molecular formula is C18H21N7. The molecule has 0 aromatic carbocycles. The number of rotatable bonds is 3. The molecule has 2 aliphatic rings. The summed E-state index contributed by atoms with van der Waals surface area (Å²) in [5.41, 5.74) is 3.70. The number of hydrogen-bond acceptors (Lipinski definition) is 5. The molecule has 2 bridgehead atoms. The van der Waals surface area contributed by atoms with E-state index in [0.717, 1.165) is 24.4 Å². The quantitative estimate of drug-likeness (QED) is 0.734. The maximum absolute atomic E-state index is 4.58. The van der Waals surface area contributed by atoms with Crippen molar-refractivity contribution in [3.63, 3.8) is 0 Å². The van der Waals surface area contributed by atoms with Crippen molar-refractivity contribution >= 4 is 17.2 Å². The molecule has 2 atom stereocenters. The maximum Gasteiger partial charge on any atom is 0.254 e. The molecule has 25 heavy (non-hydrogen) atoms. The number of fused-ring (bicyclic) bond motifs is 3. The van der Waals surface area contributed by atoms with Gasteiger partial charge in [0.2, 0.25) is 0 Å². The van der Waals surface area contributed by atoms with Crippen LogP contribution in [-0.2, 0) is 13.5 Å². The molecule has 2 aliphatic heterocycles. The molecule has 5 heterocycles. The molecule has 7 heteroatoms. The molecule has 2 unspecified atom stereocenters. The summed E-state index contributed by atoms with van der Waals surface area (Å²) in [6, 6.07) is 5.16. The summed E-state index contributed by atoms with van der Waals surface area (Å²) in [7, 11) is 2.01. The average Bonchev–Trinajstić information content (AvgIpc) is 3.32. The summed E-state index contributed by atoms with van der Waals surface area (Å²) < 4.78 is 3.85. The van der Waals surface area contributed by atoms with Crippen molar-refractivity contribution in [3.8, 4) is 0 Å². The van der Waals surface area contributed by atoms with Crippen LogP contribution in [0.5, 0.6) is 0 Å². The maximum atomic E-state index is 4.58. The lowest BCUT2D eigenvalue weighted by Gasteiger charge is -2.35. The zero-order chi connectivity index (χ0) is 17.0. The number of aromatic nitrogens is 6. The first-order chi connectivity index (χ1) is 12.2. The van der Waals surface area contributed by atoms with Crippen molar-refractivity contribution in [3.05, 3.63) is 42.1 Å². The fraction of sp³-hybridized carbons (Fsp3) is 0.444. The molecule has 0 saturated carbocycles. The summed E-state index contributed by atoms with van der Waals surface area (Å²) in [5.74, 6) is 1.81. The van der Waals surface area contributed by atoms with Crippen LogP contribution in [0.2, 0.25) is 0 Å². The third-order valence-electron chi connectivity index (χ3n) is 5.46. The van der Waals surface area contributed by atoms with Crippen molar-refractivity contribution in [2.24, 2.45) is 7.05 Å². The van der Waals surface area contributed by atoms with E-state index in [1.54, 1.807) is 6.33 Å². The first-order valence-corrected chi connectivity index (χ1v) is 8.91. The van der Waals surface area contributed by atoms with Crippen LogP contribution in [0.4, 0.5) is 5.82 Å². The Morgan fingerprint density at radius 2 is 2.16 bits per heavy atom. The summed E-state index contributed by atoms with van der Waals surface area (Å²) >= 11 is 0. The molecule has 0 N–H and O–H groups in total. The minimum Gasteiger partial charge on any atom is -0.347 e. The van der Waals surface area contributed by atoms with Crippen LogP contribution < -0.4 is 4.90 Å². The lowest BCUT2D eigenvalue weighted by atomic mass is 9.98. The van der Waals surface area contributed by atoms with Crippen LogP contribution in [0, 0.1) is 0 Å². The van der Waals surface area contributed by atoms with Gasteiger partial charge in [-0.2, -0.15) is 19.7 Å². The van der Waals surface area contributed by atoms with Gasteiger partial charge in [-0.15, -0.1) is 0 Å². The molecule has 5 rings (SSSR count). The van der Waals surface area contributed by atoms with E-state index < -0.39 is 0 Å². The second kappa shape index (κ2) is 5.40. The van der Waals surface area contributed by atoms with E-state index in [-0.39, 0.29) is 0 Å². The van der Waals surface area contributed by atoms with Gasteiger partial charge in [0, 0.05) is 37.1 Å². The number of nitrogens with zero attached hydrogens (tertiary/aromatic N) is 7. The molecule has 0 spiro atoms. The summed E-state index contributed by atoms with van der Waals surface area (Å²) in [5, 5.41) is 8.74. The molecule has 128 valence electrons. The van der Waals surface area contributed by atoms with Gasteiger partial charge < -0.3 is 4.90 Å². The topological polar surface area (TPSA) is 64.1 Å². The Morgan fingerprint density at radius 1 is 1.24 bits per heavy atom. The predicted octanol–water partition coefficient (Wildman–Crippen LogP) is 2.24. The molecule has 0 aliphatic carbocycles. The summed E-state index contributed by atoms with van der Waals surface area (Å²) in [6.07, 6.45) is 10.2. The highest BCUT2D eigenvalue weighted by Gasteiger charge is 2.38. The lowest BCUT2D eigenvalue weighted by Crippen LogP contribution is -2.40. The SMILES string of the molecule is CCc1cc(N2C3C=C(c4ccnn4C)CC2CC3)n2ncnc2n1. The largest absolute Gasteiger partial charge is 0.347 e. The van der Waals surface area contributed by atoms with E-state index in [4.69, 9.17) is 0 Å². The van der Waals surface area contributed by atoms with Crippen LogP contribution in [0.25, 0.3) is 11.4 Å². The second-order valence-corrected chi connectivity index (χ2v) is 6.87. The normalized spacial score (nSPS) is 22.6. The van der Waals surface area contributed by atoms with Gasteiger partial charge in [-0.3, -0.25) is 4.68 Å². The third kappa shape index (κ3) is 2.18. The molecule has 3 aromatic rings. The molecule has 3 aromatic heterocycles. The highest BCUT2D eigenvalue weighted by atomic mass is 15.4. The van der Waals surface area contributed by atoms with E-state index in [2.05, 4.69) is 50.2 Å². The Hall–Kier alpha value is -2.70. The van der Waals surface area contributed by atoms with Crippen molar-refractivity contribution in [1.82, 2.24) is 29.4 Å². The van der Waals surface area contributed by atoms with Gasteiger partial charge in [0.05, 0.1) is 5.69 Å². The highest BCUT2D eigenvalue weighted by molar-refractivity contribution is 5.69. The summed E-state index contributed by atoms with van der Waals surface area (Å²) in [4.78, 5) is 11.4. The standard InChI is InChI=1S/C18H21N7/c1-3-13-10-17(25-18(22-13)19-11-21-25)24-14-4-5-15(24)9-12(8-14)16-6-7-20-23(16)2/h6-8,10-11,14-15H,3-5,9H2,1-2H3. The Morgan fingerprint density at radius 3 is 2.92 bits per heavy atom. The van der Waals surface area contributed by atoms with Gasteiger partial charge in [-0.05, 0) is 37.3 Å². The van der Waals surface area contributed by atoms with Crippen molar-refractivity contribution < 1.29 is 0 Å². The lowest BCUT2D eigenvalue weighted by molar-refractivity contribution is 0.632. The van der Waals surface area contributed by atoms with Gasteiger partial charge >= 0.3 is 0 Å². The number of aryl methyl sites for hydroxylation is 2. The van der Waals surface area contributed by atoms with E-state index in [0.29, 0.717) is 17.9 Å². The molecule has 0 amide bonds. The summed E-state index contributed by atoms with van der Waals surface area (Å²) in [6.45, 7) is 2.13. The highest BCUT2D eigenvalue weighted by Crippen LogP contribution is 2.41. The Labute approximate surface area is 146 Å². The van der Waals surface area contributed by atoms with Gasteiger partial charge in [0.25, 0.3) is 5.78 Å². The fourth-order valence-corrected chi connectivity index (χ4v) is 4.28. The Kier molecular flexibility index (Phi) is 3.16. The van der Waals surface area contributed by atoms with E-state index in [1.165, 1.54) is 24.1 Å². The number of hydrogen-bond donors (Lipinski definition) is 0. The first kappa shape index (κ1) is 14.6. The Bertz CT molecular complexity index is 967. The fourth-order valence-electron chi connectivity index (χ4n) is 4.28. The molecule has 7 nitrogen and oxygen atoms in total. The minimum atomic E-state index is 0.392. The zero-order valence-electron chi connectivity index (χ0n) is 14.5. The zero-order valence-corrected chi connectivity index (χ0v) is 14.5. The van der Waals surface area contributed by atoms with Gasteiger partial charge in [-0.25, -0.2) is 4.98 Å². The predicted molar refractivity (Wildman–Crippen MR) is 95.3 cm³/mol. The minimum absolute atomic E-state index is 0.392.